The number of piperidine rings is 1. The first kappa shape index (κ1) is 14.3. The van der Waals surface area contributed by atoms with E-state index in [4.69, 9.17) is 15.6 Å². The van der Waals surface area contributed by atoms with Crippen LogP contribution in [0, 0.1) is 11.3 Å². The lowest BCUT2D eigenvalue weighted by molar-refractivity contribution is -0.152. The second-order valence-electron chi connectivity index (χ2n) is 5.50. The van der Waals surface area contributed by atoms with Crippen molar-refractivity contribution in [1.82, 2.24) is 4.90 Å². The van der Waals surface area contributed by atoms with Gasteiger partial charge in [0.15, 0.2) is 0 Å². The molecular weight excluding hydrogens is 248 g/mol. The fourth-order valence-corrected chi connectivity index (χ4v) is 2.93. The van der Waals surface area contributed by atoms with E-state index in [-0.39, 0.29) is 11.8 Å². The molecule has 2 aliphatic heterocycles. The number of aliphatic carboxylic acids is 1. The molecule has 0 saturated carbocycles. The Hall–Kier alpha value is -1.14. The smallest absolute Gasteiger partial charge is 0.306 e. The third-order valence-electron chi connectivity index (χ3n) is 4.43. The van der Waals surface area contributed by atoms with E-state index in [9.17, 15) is 9.59 Å². The normalized spacial score (nSPS) is 24.2. The van der Waals surface area contributed by atoms with Crippen molar-refractivity contribution in [2.24, 2.45) is 17.1 Å². The van der Waals surface area contributed by atoms with Crippen LogP contribution >= 0.6 is 0 Å². The summed E-state index contributed by atoms with van der Waals surface area (Å²) in [4.78, 5) is 25.3. The van der Waals surface area contributed by atoms with Crippen LogP contribution in [0.5, 0.6) is 0 Å². The molecule has 0 unspecified atom stereocenters. The summed E-state index contributed by atoms with van der Waals surface area (Å²) in [6.07, 6.45) is 2.42. The van der Waals surface area contributed by atoms with Crippen molar-refractivity contribution in [3.05, 3.63) is 0 Å². The highest BCUT2D eigenvalue weighted by molar-refractivity contribution is 5.83. The molecule has 108 valence electrons. The minimum Gasteiger partial charge on any atom is -0.481 e. The molecule has 3 N–H and O–H groups in total. The number of rotatable bonds is 3. The molecule has 0 aliphatic carbocycles. The van der Waals surface area contributed by atoms with Gasteiger partial charge in [0.1, 0.15) is 0 Å². The van der Waals surface area contributed by atoms with Crippen LogP contribution in [0.4, 0.5) is 0 Å². The summed E-state index contributed by atoms with van der Waals surface area (Å²) >= 11 is 0. The Morgan fingerprint density at radius 1 is 1.26 bits per heavy atom. The number of carboxylic acids is 1. The van der Waals surface area contributed by atoms with Gasteiger partial charge in [0.25, 0.3) is 0 Å². The summed E-state index contributed by atoms with van der Waals surface area (Å²) in [7, 11) is 0. The molecule has 19 heavy (non-hydrogen) atoms. The van der Waals surface area contributed by atoms with Gasteiger partial charge in [-0.3, -0.25) is 9.59 Å². The Balaban J connectivity index is 1.98. The minimum atomic E-state index is -0.758. The van der Waals surface area contributed by atoms with Crippen molar-refractivity contribution in [2.75, 3.05) is 32.8 Å². The van der Waals surface area contributed by atoms with Gasteiger partial charge in [0.2, 0.25) is 5.91 Å². The molecule has 1 amide bonds. The van der Waals surface area contributed by atoms with E-state index in [0.29, 0.717) is 58.5 Å². The molecule has 0 aromatic heterocycles. The molecule has 2 aliphatic rings. The van der Waals surface area contributed by atoms with E-state index in [1.165, 1.54) is 0 Å². The maximum absolute atomic E-state index is 12.6. The van der Waals surface area contributed by atoms with Crippen LogP contribution in [0.25, 0.3) is 0 Å². The maximum atomic E-state index is 12.6. The highest BCUT2D eigenvalue weighted by atomic mass is 16.5. The molecule has 0 spiro atoms. The zero-order chi connectivity index (χ0) is 13.9. The van der Waals surface area contributed by atoms with Crippen LogP contribution in [0.1, 0.15) is 25.7 Å². The monoisotopic (exact) mass is 270 g/mol. The SMILES string of the molecule is NCC1(C(=O)N2CCC(C(=O)O)CC2)CCOCC1. The van der Waals surface area contributed by atoms with E-state index in [1.807, 2.05) is 0 Å². The number of carbonyl (C=O) groups excluding carboxylic acids is 1. The lowest BCUT2D eigenvalue weighted by Crippen LogP contribution is -2.53. The van der Waals surface area contributed by atoms with Crippen LogP contribution in [-0.2, 0) is 14.3 Å². The molecule has 0 bridgehead atoms. The molecular formula is C13H22N2O4. The number of nitrogens with zero attached hydrogens (tertiary/aromatic N) is 1. The topological polar surface area (TPSA) is 92.9 Å². The molecule has 2 rings (SSSR count). The van der Waals surface area contributed by atoms with Crippen molar-refractivity contribution < 1.29 is 19.4 Å². The zero-order valence-corrected chi connectivity index (χ0v) is 11.1. The summed E-state index contributed by atoms with van der Waals surface area (Å²) in [5.41, 5.74) is 5.33. The Morgan fingerprint density at radius 3 is 2.32 bits per heavy atom. The van der Waals surface area contributed by atoms with Gasteiger partial charge in [-0.2, -0.15) is 0 Å². The highest BCUT2D eigenvalue weighted by Gasteiger charge is 2.42. The van der Waals surface area contributed by atoms with Gasteiger partial charge in [-0.15, -0.1) is 0 Å². The van der Waals surface area contributed by atoms with Gasteiger partial charge in [-0.1, -0.05) is 0 Å². The number of hydrogen-bond acceptors (Lipinski definition) is 4. The molecule has 0 aromatic carbocycles. The number of nitrogens with two attached hydrogens (primary N) is 1. The molecule has 2 heterocycles. The number of carboxylic acid groups (broad SMARTS) is 1. The number of amides is 1. The average Bonchev–Trinajstić information content (AvgIpc) is 2.47. The summed E-state index contributed by atoms with van der Waals surface area (Å²) < 4.78 is 5.31. The fourth-order valence-electron chi connectivity index (χ4n) is 2.93. The quantitative estimate of drug-likeness (QED) is 0.756. The molecule has 0 aromatic rings. The molecule has 6 nitrogen and oxygen atoms in total. The summed E-state index contributed by atoms with van der Waals surface area (Å²) in [5, 5.41) is 8.97. The van der Waals surface area contributed by atoms with Gasteiger partial charge in [0.05, 0.1) is 11.3 Å². The Bertz CT molecular complexity index is 345. The largest absolute Gasteiger partial charge is 0.481 e. The van der Waals surface area contributed by atoms with Gasteiger partial charge in [0, 0.05) is 32.8 Å². The predicted molar refractivity (Wildman–Crippen MR) is 68.5 cm³/mol. The lowest BCUT2D eigenvalue weighted by Gasteiger charge is -2.41. The van der Waals surface area contributed by atoms with Crippen LogP contribution in [-0.4, -0.2) is 54.7 Å². The summed E-state index contributed by atoms with van der Waals surface area (Å²) in [6, 6.07) is 0. The fraction of sp³-hybridized carbons (Fsp3) is 0.846. The number of carbonyl (C=O) groups is 2. The summed E-state index contributed by atoms with van der Waals surface area (Å²) in [5.74, 6) is -0.985. The van der Waals surface area contributed by atoms with Gasteiger partial charge >= 0.3 is 5.97 Å². The van der Waals surface area contributed by atoms with Gasteiger partial charge < -0.3 is 20.5 Å². The van der Waals surface area contributed by atoms with Crippen LogP contribution in [0.3, 0.4) is 0 Å². The number of hydrogen-bond donors (Lipinski definition) is 2. The van der Waals surface area contributed by atoms with E-state index < -0.39 is 11.4 Å². The first-order valence-corrected chi connectivity index (χ1v) is 6.89. The average molecular weight is 270 g/mol. The van der Waals surface area contributed by atoms with E-state index in [2.05, 4.69) is 0 Å². The lowest BCUT2D eigenvalue weighted by atomic mass is 9.78. The van der Waals surface area contributed by atoms with E-state index in [1.54, 1.807) is 4.90 Å². The van der Waals surface area contributed by atoms with Crippen LogP contribution in [0.15, 0.2) is 0 Å². The standard InChI is InChI=1S/C13H22N2O4/c14-9-13(3-7-19-8-4-13)12(18)15-5-1-10(2-6-15)11(16)17/h10H,1-9,14H2,(H,16,17). The molecule has 0 radical (unpaired) electrons. The third kappa shape index (κ3) is 2.90. The third-order valence-corrected chi connectivity index (χ3v) is 4.43. The van der Waals surface area contributed by atoms with Crippen molar-refractivity contribution in [3.63, 3.8) is 0 Å². The first-order chi connectivity index (χ1) is 9.09. The second kappa shape index (κ2) is 5.88. The minimum absolute atomic E-state index is 0.0853. The van der Waals surface area contributed by atoms with Gasteiger partial charge in [-0.25, -0.2) is 0 Å². The van der Waals surface area contributed by atoms with Gasteiger partial charge in [-0.05, 0) is 25.7 Å². The Morgan fingerprint density at radius 2 is 1.84 bits per heavy atom. The van der Waals surface area contributed by atoms with Crippen molar-refractivity contribution >= 4 is 11.9 Å². The Kier molecular flexibility index (Phi) is 4.42. The molecule has 0 atom stereocenters. The van der Waals surface area contributed by atoms with E-state index in [0.717, 1.165) is 0 Å². The zero-order valence-electron chi connectivity index (χ0n) is 11.1. The molecule has 6 heteroatoms. The first-order valence-electron chi connectivity index (χ1n) is 6.89. The second-order valence-corrected chi connectivity index (χ2v) is 5.50. The van der Waals surface area contributed by atoms with Crippen LogP contribution < -0.4 is 5.73 Å². The van der Waals surface area contributed by atoms with Crippen molar-refractivity contribution in [2.45, 2.75) is 25.7 Å². The highest BCUT2D eigenvalue weighted by Crippen LogP contribution is 2.33. The van der Waals surface area contributed by atoms with Crippen molar-refractivity contribution in [3.8, 4) is 0 Å². The van der Waals surface area contributed by atoms with Crippen LogP contribution in [0.2, 0.25) is 0 Å². The number of likely N-dealkylation sites (tertiary alicyclic amines) is 1. The van der Waals surface area contributed by atoms with Crippen molar-refractivity contribution in [1.29, 1.82) is 0 Å². The van der Waals surface area contributed by atoms with E-state index >= 15 is 0 Å². The predicted octanol–water partition coefficient (Wildman–Crippen LogP) is 0.0651. The summed E-state index contributed by atoms with van der Waals surface area (Å²) in [6.45, 7) is 2.55. The molecule has 2 fully saturated rings. The Labute approximate surface area is 112 Å². The number of ether oxygens (including phenoxy) is 1. The molecule has 2 saturated heterocycles. The maximum Gasteiger partial charge on any atom is 0.306 e.